The zero-order valence-corrected chi connectivity index (χ0v) is 24.5. The van der Waals surface area contributed by atoms with Gasteiger partial charge in [0.2, 0.25) is 0 Å². The lowest BCUT2D eigenvalue weighted by Gasteiger charge is -2.17. The van der Waals surface area contributed by atoms with Crippen LogP contribution in [0.25, 0.3) is 21.3 Å². The minimum atomic E-state index is -1.04. The van der Waals surface area contributed by atoms with Crippen LogP contribution in [0.4, 0.5) is 26.1 Å². The van der Waals surface area contributed by atoms with Gasteiger partial charge in [-0.3, -0.25) is 4.79 Å². The molecule has 0 radical (unpaired) electrons. The van der Waals surface area contributed by atoms with Gasteiger partial charge in [-0.1, -0.05) is 42.5 Å². The number of nitrogens with two attached hydrogens (primary N) is 1. The first kappa shape index (κ1) is 29.6. The van der Waals surface area contributed by atoms with Crippen LogP contribution in [0.2, 0.25) is 0 Å². The van der Waals surface area contributed by atoms with E-state index in [1.54, 1.807) is 29.5 Å². The van der Waals surface area contributed by atoms with Crippen LogP contribution in [0.15, 0.2) is 97.5 Å². The van der Waals surface area contributed by atoms with Gasteiger partial charge in [-0.15, -0.1) is 11.3 Å². The van der Waals surface area contributed by atoms with Crippen LogP contribution >= 0.6 is 11.3 Å². The second-order valence-corrected chi connectivity index (χ2v) is 11.3. The summed E-state index contributed by atoms with van der Waals surface area (Å²) >= 11 is 1.57. The van der Waals surface area contributed by atoms with Gasteiger partial charge in [0.15, 0.2) is 17.9 Å². The van der Waals surface area contributed by atoms with Crippen molar-refractivity contribution in [3.8, 4) is 10.4 Å². The lowest BCUT2D eigenvalue weighted by atomic mass is 10.1. The molecule has 0 saturated carbocycles. The lowest BCUT2D eigenvalue weighted by Crippen LogP contribution is -2.25. The summed E-state index contributed by atoms with van der Waals surface area (Å²) in [7, 11) is 0. The number of benzene rings is 3. The third-order valence-corrected chi connectivity index (χ3v) is 8.16. The number of thiophene rings is 1. The molecule has 9 nitrogen and oxygen atoms in total. The van der Waals surface area contributed by atoms with Gasteiger partial charge in [0, 0.05) is 27.2 Å². The molecule has 45 heavy (non-hydrogen) atoms. The molecule has 1 unspecified atom stereocenters. The summed E-state index contributed by atoms with van der Waals surface area (Å²) in [6.07, 6.45) is 1.92. The number of nitrogens with zero attached hydrogens (tertiary/aromatic N) is 3. The highest BCUT2D eigenvalue weighted by molar-refractivity contribution is 7.15. The Labute approximate surface area is 260 Å². The Morgan fingerprint density at radius 3 is 2.58 bits per heavy atom. The Kier molecular flexibility index (Phi) is 8.58. The van der Waals surface area contributed by atoms with Gasteiger partial charge in [-0.25, -0.2) is 23.7 Å². The number of halogens is 2. The summed E-state index contributed by atoms with van der Waals surface area (Å²) in [6.45, 7) is 0.342. The van der Waals surface area contributed by atoms with Crippen LogP contribution < -0.4 is 21.7 Å². The van der Waals surface area contributed by atoms with E-state index in [-0.39, 0.29) is 12.1 Å². The van der Waals surface area contributed by atoms with Crippen LogP contribution in [0.5, 0.6) is 0 Å². The SMILES string of the molecule is Nc1ncnc2ccc(-c3ccc(CNc4ncc(NC(O)c5ccccc5)cc4C(=O)NCc4ccc(F)c(F)c4)s3)cc12. The molecule has 6 aromatic rings. The molecule has 0 fully saturated rings. The van der Waals surface area contributed by atoms with E-state index >= 15 is 0 Å². The number of carbonyl (C=O) groups excluding carboxylic acids is 1. The van der Waals surface area contributed by atoms with Crippen LogP contribution in [0.3, 0.4) is 0 Å². The molecular weight excluding hydrogens is 596 g/mol. The quantitative estimate of drug-likeness (QED) is 0.113. The van der Waals surface area contributed by atoms with E-state index < -0.39 is 23.8 Å². The van der Waals surface area contributed by atoms with Crippen LogP contribution in [-0.2, 0) is 13.1 Å². The van der Waals surface area contributed by atoms with Crippen molar-refractivity contribution in [3.63, 3.8) is 0 Å². The molecule has 3 aromatic heterocycles. The largest absolute Gasteiger partial charge is 0.383 e. The predicted molar refractivity (Wildman–Crippen MR) is 171 cm³/mol. The zero-order chi connectivity index (χ0) is 31.3. The van der Waals surface area contributed by atoms with E-state index in [2.05, 4.69) is 30.9 Å². The van der Waals surface area contributed by atoms with Gasteiger partial charge in [-0.2, -0.15) is 0 Å². The fourth-order valence-corrected chi connectivity index (χ4v) is 5.63. The molecule has 12 heteroatoms. The summed E-state index contributed by atoms with van der Waals surface area (Å²) in [4.78, 5) is 28.2. The first-order valence-electron chi connectivity index (χ1n) is 13.9. The van der Waals surface area contributed by atoms with Crippen LogP contribution in [-0.4, -0.2) is 26.0 Å². The average Bonchev–Trinajstić information content (AvgIpc) is 3.54. The van der Waals surface area contributed by atoms with E-state index in [4.69, 9.17) is 5.73 Å². The molecule has 3 aromatic carbocycles. The Balaban J connectivity index is 1.21. The summed E-state index contributed by atoms with van der Waals surface area (Å²) in [5.41, 5.74) is 9.43. The molecule has 0 aliphatic heterocycles. The van der Waals surface area contributed by atoms with E-state index in [1.165, 1.54) is 18.6 Å². The van der Waals surface area contributed by atoms with Gasteiger partial charge in [0.05, 0.1) is 29.5 Å². The predicted octanol–water partition coefficient (Wildman–Crippen LogP) is 6.26. The Bertz CT molecular complexity index is 1990. The third-order valence-electron chi connectivity index (χ3n) is 7.03. The topological polar surface area (TPSA) is 138 Å². The van der Waals surface area contributed by atoms with Crippen molar-refractivity contribution in [2.45, 2.75) is 19.3 Å². The van der Waals surface area contributed by atoms with Crippen molar-refractivity contribution in [2.24, 2.45) is 0 Å². The standard InChI is InChI=1S/C33H27F2N7O2S/c34-26-9-6-19(12-27(26)35)15-39-33(44)25-14-22(42-32(43)20-4-2-1-3-5-20)16-37-31(25)38-17-23-8-11-29(45-23)21-7-10-28-24(13-21)30(36)41-18-40-28/h1-14,16,18,32,42-43H,15,17H2,(H,37,38)(H,39,44)(H2,36,40,41). The number of nitrogens with one attached hydrogen (secondary N) is 3. The Morgan fingerprint density at radius 1 is 0.911 bits per heavy atom. The molecule has 1 atom stereocenters. The maximum Gasteiger partial charge on any atom is 0.255 e. The first-order valence-corrected chi connectivity index (χ1v) is 14.7. The normalized spacial score (nSPS) is 11.7. The molecule has 6 N–H and O–H groups in total. The number of nitrogen functional groups attached to an aromatic ring is 1. The monoisotopic (exact) mass is 623 g/mol. The van der Waals surface area contributed by atoms with Crippen molar-refractivity contribution in [1.29, 1.82) is 0 Å². The summed E-state index contributed by atoms with van der Waals surface area (Å²) in [5, 5.41) is 20.4. The fraction of sp³-hybridized carbons (Fsp3) is 0.0909. The molecular formula is C33H27F2N7O2S. The van der Waals surface area contributed by atoms with E-state index in [0.29, 0.717) is 35.0 Å². The number of hydrogen-bond acceptors (Lipinski definition) is 9. The van der Waals surface area contributed by atoms with Crippen molar-refractivity contribution in [1.82, 2.24) is 20.3 Å². The second kappa shape index (κ2) is 13.0. The summed E-state index contributed by atoms with van der Waals surface area (Å²) in [5.74, 6) is -1.73. The number of aliphatic hydroxyl groups excluding tert-OH is 1. The minimum absolute atomic E-state index is 0.0324. The van der Waals surface area contributed by atoms with Gasteiger partial charge in [0.1, 0.15) is 18.0 Å². The molecule has 0 saturated heterocycles. The van der Waals surface area contributed by atoms with Gasteiger partial charge in [-0.05, 0) is 53.6 Å². The van der Waals surface area contributed by atoms with Crippen LogP contribution in [0, 0.1) is 11.6 Å². The smallest absolute Gasteiger partial charge is 0.255 e. The van der Waals surface area contributed by atoms with Gasteiger partial charge < -0.3 is 26.8 Å². The molecule has 0 aliphatic rings. The maximum atomic E-state index is 13.7. The number of rotatable bonds is 10. The number of anilines is 3. The Morgan fingerprint density at radius 2 is 1.76 bits per heavy atom. The average molecular weight is 624 g/mol. The van der Waals surface area contributed by atoms with Crippen molar-refractivity contribution >= 4 is 45.5 Å². The summed E-state index contributed by atoms with van der Waals surface area (Å²) in [6, 6.07) is 23.8. The lowest BCUT2D eigenvalue weighted by molar-refractivity contribution is 0.0951. The third kappa shape index (κ3) is 6.87. The molecule has 0 aliphatic carbocycles. The number of fused-ring (bicyclic) bond motifs is 1. The fourth-order valence-electron chi connectivity index (χ4n) is 4.69. The van der Waals surface area contributed by atoms with E-state index in [9.17, 15) is 18.7 Å². The highest BCUT2D eigenvalue weighted by Gasteiger charge is 2.17. The van der Waals surface area contributed by atoms with Gasteiger partial charge >= 0.3 is 0 Å². The van der Waals surface area contributed by atoms with Crippen molar-refractivity contribution < 1.29 is 18.7 Å². The molecule has 0 bridgehead atoms. The molecule has 1 amide bonds. The zero-order valence-electron chi connectivity index (χ0n) is 23.7. The van der Waals surface area contributed by atoms with Crippen molar-refractivity contribution in [2.75, 3.05) is 16.4 Å². The number of hydrogen-bond donors (Lipinski definition) is 5. The van der Waals surface area contributed by atoms with Gasteiger partial charge in [0.25, 0.3) is 5.91 Å². The second-order valence-electron chi connectivity index (χ2n) is 10.1. The highest BCUT2D eigenvalue weighted by Crippen LogP contribution is 2.32. The Hall–Kier alpha value is -5.46. The molecule has 6 rings (SSSR count). The first-order chi connectivity index (χ1) is 21.8. The number of aromatic nitrogens is 3. The molecule has 3 heterocycles. The molecule has 226 valence electrons. The highest BCUT2D eigenvalue weighted by atomic mass is 32.1. The molecule has 0 spiro atoms. The number of pyridine rings is 1. The van der Waals surface area contributed by atoms with E-state index in [1.807, 2.05) is 48.5 Å². The van der Waals surface area contributed by atoms with Crippen molar-refractivity contribution in [3.05, 3.63) is 131 Å². The van der Waals surface area contributed by atoms with Crippen LogP contribution in [0.1, 0.15) is 32.6 Å². The number of carbonyl (C=O) groups is 1. The minimum Gasteiger partial charge on any atom is -0.383 e. The van der Waals surface area contributed by atoms with E-state index in [0.717, 1.165) is 38.4 Å². The number of aliphatic hydroxyl groups is 1. The maximum absolute atomic E-state index is 13.7. The summed E-state index contributed by atoms with van der Waals surface area (Å²) < 4.78 is 27.1. The number of amides is 1.